The normalized spacial score (nSPS) is 20.2. The fraction of sp³-hybridized carbons (Fsp3) is 0.636. The van der Waals surface area contributed by atoms with E-state index in [1.807, 2.05) is 0 Å². The van der Waals surface area contributed by atoms with Crippen molar-refractivity contribution in [3.8, 4) is 0 Å². The lowest BCUT2D eigenvalue weighted by Gasteiger charge is -2.34. The van der Waals surface area contributed by atoms with Crippen molar-refractivity contribution in [2.75, 3.05) is 45.8 Å². The zero-order valence-corrected chi connectivity index (χ0v) is 10.9. The Bertz CT molecular complexity index is 428. The van der Waals surface area contributed by atoms with Crippen molar-refractivity contribution in [3.05, 3.63) is 0 Å². The highest BCUT2D eigenvalue weighted by molar-refractivity contribution is 6.04. The predicted octanol–water partition coefficient (Wildman–Crippen LogP) is -2.23. The van der Waals surface area contributed by atoms with E-state index >= 15 is 0 Å². The monoisotopic (exact) mass is 284 g/mol. The third kappa shape index (κ3) is 3.23. The number of piperazine rings is 1. The number of nitrogens with zero attached hydrogens (tertiary/aromatic N) is 3. The van der Waals surface area contributed by atoms with Gasteiger partial charge in [0.25, 0.3) is 5.91 Å². The van der Waals surface area contributed by atoms with Crippen molar-refractivity contribution in [1.29, 1.82) is 0 Å². The Hall–Kier alpha value is -2.16. The van der Waals surface area contributed by atoms with Gasteiger partial charge in [-0.15, -0.1) is 0 Å². The summed E-state index contributed by atoms with van der Waals surface area (Å²) >= 11 is 0. The molecule has 2 aliphatic rings. The molecule has 0 aliphatic carbocycles. The van der Waals surface area contributed by atoms with E-state index in [4.69, 9.17) is 5.11 Å². The van der Waals surface area contributed by atoms with Crippen molar-refractivity contribution in [1.82, 2.24) is 20.0 Å². The summed E-state index contributed by atoms with van der Waals surface area (Å²) in [5.74, 6) is -1.61. The van der Waals surface area contributed by atoms with Crippen LogP contribution in [0.4, 0.5) is 4.79 Å². The quantitative estimate of drug-likeness (QED) is 0.565. The summed E-state index contributed by atoms with van der Waals surface area (Å²) in [4.78, 5) is 49.4. The van der Waals surface area contributed by atoms with Crippen LogP contribution in [-0.2, 0) is 14.4 Å². The lowest BCUT2D eigenvalue weighted by Crippen LogP contribution is -2.52. The van der Waals surface area contributed by atoms with E-state index in [0.717, 1.165) is 4.90 Å². The molecule has 9 nitrogen and oxygen atoms in total. The second-order valence-electron chi connectivity index (χ2n) is 4.69. The highest BCUT2D eigenvalue weighted by Crippen LogP contribution is 2.05. The van der Waals surface area contributed by atoms with Crippen molar-refractivity contribution in [2.24, 2.45) is 0 Å². The van der Waals surface area contributed by atoms with Gasteiger partial charge in [-0.2, -0.15) is 0 Å². The van der Waals surface area contributed by atoms with Gasteiger partial charge in [0.05, 0.1) is 13.1 Å². The molecule has 2 aliphatic heterocycles. The standard InChI is InChI=1S/C11H16N4O5/c16-8-5-12-11(20)15(8)6-9(17)14-3-1-13(2-4-14)7-10(18)19/h1-7H2,(H,12,20)(H,18,19). The van der Waals surface area contributed by atoms with Crippen LogP contribution < -0.4 is 5.32 Å². The summed E-state index contributed by atoms with van der Waals surface area (Å²) in [7, 11) is 0. The summed E-state index contributed by atoms with van der Waals surface area (Å²) in [6, 6.07) is -0.548. The van der Waals surface area contributed by atoms with Crippen LogP contribution in [0.3, 0.4) is 0 Å². The molecule has 2 heterocycles. The van der Waals surface area contributed by atoms with Crippen LogP contribution in [0.25, 0.3) is 0 Å². The van der Waals surface area contributed by atoms with E-state index in [1.165, 1.54) is 4.90 Å². The van der Waals surface area contributed by atoms with Gasteiger partial charge in [0.15, 0.2) is 0 Å². The van der Waals surface area contributed by atoms with Gasteiger partial charge in [0, 0.05) is 26.2 Å². The van der Waals surface area contributed by atoms with Crippen molar-refractivity contribution in [3.63, 3.8) is 0 Å². The maximum Gasteiger partial charge on any atom is 0.325 e. The van der Waals surface area contributed by atoms with Crippen LogP contribution >= 0.6 is 0 Å². The fourth-order valence-electron chi connectivity index (χ4n) is 2.20. The van der Waals surface area contributed by atoms with Crippen molar-refractivity contribution in [2.45, 2.75) is 0 Å². The summed E-state index contributed by atoms with van der Waals surface area (Å²) < 4.78 is 0. The second kappa shape index (κ2) is 5.87. The first-order valence-electron chi connectivity index (χ1n) is 6.27. The number of urea groups is 1. The zero-order chi connectivity index (χ0) is 14.7. The number of amides is 4. The molecule has 2 fully saturated rings. The molecule has 0 spiro atoms. The Balaban J connectivity index is 1.81. The minimum atomic E-state index is -0.899. The lowest BCUT2D eigenvalue weighted by atomic mass is 10.3. The van der Waals surface area contributed by atoms with Gasteiger partial charge in [-0.25, -0.2) is 4.79 Å². The number of carbonyl (C=O) groups is 4. The van der Waals surface area contributed by atoms with E-state index in [1.54, 1.807) is 4.90 Å². The summed E-state index contributed by atoms with van der Waals surface area (Å²) in [5.41, 5.74) is 0. The third-order valence-corrected chi connectivity index (χ3v) is 3.31. The number of carboxylic acid groups (broad SMARTS) is 1. The first-order valence-corrected chi connectivity index (χ1v) is 6.27. The molecule has 2 saturated heterocycles. The molecule has 0 radical (unpaired) electrons. The molecule has 0 saturated carbocycles. The minimum absolute atomic E-state index is 0.0466. The molecule has 0 bridgehead atoms. The highest BCUT2D eigenvalue weighted by atomic mass is 16.4. The number of rotatable bonds is 4. The van der Waals surface area contributed by atoms with Crippen molar-refractivity contribution < 1.29 is 24.3 Å². The molecule has 0 aromatic rings. The molecular formula is C11H16N4O5. The largest absolute Gasteiger partial charge is 0.480 e. The molecule has 0 unspecified atom stereocenters. The topological polar surface area (TPSA) is 110 Å². The van der Waals surface area contributed by atoms with Gasteiger partial charge >= 0.3 is 12.0 Å². The van der Waals surface area contributed by atoms with Gasteiger partial charge < -0.3 is 15.3 Å². The van der Waals surface area contributed by atoms with Crippen LogP contribution in [-0.4, -0.2) is 89.4 Å². The minimum Gasteiger partial charge on any atom is -0.480 e. The molecule has 0 aromatic carbocycles. The van der Waals surface area contributed by atoms with Crippen LogP contribution in [0.2, 0.25) is 0 Å². The van der Waals surface area contributed by atoms with E-state index in [-0.39, 0.29) is 25.5 Å². The Morgan fingerprint density at radius 2 is 1.75 bits per heavy atom. The van der Waals surface area contributed by atoms with Crippen LogP contribution in [0.1, 0.15) is 0 Å². The molecule has 9 heteroatoms. The van der Waals surface area contributed by atoms with Gasteiger partial charge in [0.2, 0.25) is 5.91 Å². The first-order chi connectivity index (χ1) is 9.47. The molecule has 4 amide bonds. The Kier molecular flexibility index (Phi) is 4.18. The third-order valence-electron chi connectivity index (χ3n) is 3.31. The highest BCUT2D eigenvalue weighted by Gasteiger charge is 2.32. The SMILES string of the molecule is O=C(O)CN1CCN(C(=O)CN2C(=O)CNC2=O)CC1. The average molecular weight is 284 g/mol. The smallest absolute Gasteiger partial charge is 0.325 e. The van der Waals surface area contributed by atoms with E-state index in [0.29, 0.717) is 26.2 Å². The summed E-state index contributed by atoms with van der Waals surface area (Å²) in [6.45, 7) is 1.36. The van der Waals surface area contributed by atoms with Gasteiger partial charge in [-0.05, 0) is 0 Å². The van der Waals surface area contributed by atoms with Crippen molar-refractivity contribution >= 4 is 23.8 Å². The van der Waals surface area contributed by atoms with E-state index in [2.05, 4.69) is 5.32 Å². The number of aliphatic carboxylic acids is 1. The maximum absolute atomic E-state index is 12.0. The van der Waals surface area contributed by atoms with Crippen LogP contribution in [0.5, 0.6) is 0 Å². The molecule has 0 atom stereocenters. The number of carbonyl (C=O) groups excluding carboxylic acids is 3. The Labute approximate surface area is 115 Å². The lowest BCUT2D eigenvalue weighted by molar-refractivity contribution is -0.140. The Morgan fingerprint density at radius 1 is 1.10 bits per heavy atom. The molecule has 0 aromatic heterocycles. The van der Waals surface area contributed by atoms with Crippen LogP contribution in [0, 0.1) is 0 Å². The number of carboxylic acids is 1. The number of imide groups is 1. The maximum atomic E-state index is 12.0. The molecule has 20 heavy (non-hydrogen) atoms. The van der Waals surface area contributed by atoms with Gasteiger partial charge in [-0.1, -0.05) is 0 Å². The average Bonchev–Trinajstić information content (AvgIpc) is 2.70. The Morgan fingerprint density at radius 3 is 2.25 bits per heavy atom. The predicted molar refractivity (Wildman–Crippen MR) is 65.8 cm³/mol. The molecule has 110 valence electrons. The van der Waals surface area contributed by atoms with Gasteiger partial charge in [-0.3, -0.25) is 24.2 Å². The van der Waals surface area contributed by atoms with Gasteiger partial charge in [0.1, 0.15) is 6.54 Å². The molecular weight excluding hydrogens is 268 g/mol. The number of hydrogen-bond donors (Lipinski definition) is 2. The summed E-state index contributed by atoms with van der Waals surface area (Å²) in [5, 5.41) is 11.0. The fourth-order valence-corrected chi connectivity index (χ4v) is 2.20. The number of nitrogens with one attached hydrogen (secondary N) is 1. The first kappa shape index (κ1) is 14.3. The van der Waals surface area contributed by atoms with E-state index < -0.39 is 17.9 Å². The van der Waals surface area contributed by atoms with Crippen LogP contribution in [0.15, 0.2) is 0 Å². The molecule has 2 rings (SSSR count). The second-order valence-corrected chi connectivity index (χ2v) is 4.69. The van der Waals surface area contributed by atoms with E-state index in [9.17, 15) is 19.2 Å². The summed E-state index contributed by atoms with van der Waals surface area (Å²) in [6.07, 6.45) is 0. The number of hydrogen-bond acceptors (Lipinski definition) is 5. The molecule has 2 N–H and O–H groups in total. The zero-order valence-electron chi connectivity index (χ0n) is 10.9.